The molecule has 0 amide bonds. The predicted molar refractivity (Wildman–Crippen MR) is 102 cm³/mol. The van der Waals surface area contributed by atoms with Crippen molar-refractivity contribution in [3.63, 3.8) is 0 Å². The van der Waals surface area contributed by atoms with E-state index in [0.29, 0.717) is 32.7 Å². The van der Waals surface area contributed by atoms with Gasteiger partial charge in [-0.1, -0.05) is 20.8 Å². The van der Waals surface area contributed by atoms with E-state index in [9.17, 15) is 0 Å². The van der Waals surface area contributed by atoms with Crippen molar-refractivity contribution in [2.75, 3.05) is 58.9 Å². The first-order chi connectivity index (χ1) is 11.9. The molecule has 0 saturated carbocycles. The summed E-state index contributed by atoms with van der Waals surface area (Å²) in [5, 5.41) is 25.8. The van der Waals surface area contributed by atoms with Gasteiger partial charge in [-0.05, 0) is 26.9 Å². The summed E-state index contributed by atoms with van der Waals surface area (Å²) in [5.41, 5.74) is 15.3. The van der Waals surface area contributed by atoms with Crippen molar-refractivity contribution in [3.05, 3.63) is 10.6 Å². The molecule has 0 spiro atoms. The van der Waals surface area contributed by atoms with Crippen LogP contribution in [0.3, 0.4) is 0 Å². The number of hydrogen-bond acceptors (Lipinski definition) is 7. The molecule has 0 radical (unpaired) electrons. The molecule has 0 rings (SSSR count). The Hall–Kier alpha value is 0.194. The van der Waals surface area contributed by atoms with Crippen LogP contribution in [0, 0.1) is 0 Å². The summed E-state index contributed by atoms with van der Waals surface area (Å²) < 4.78 is 8.25. The van der Waals surface area contributed by atoms with E-state index >= 15 is 0 Å². The Balaban J connectivity index is -0.0000000697. The molecule has 0 aromatic heterocycles. The van der Waals surface area contributed by atoms with Crippen LogP contribution in [-0.4, -0.2) is 80.4 Å². The second-order valence-electron chi connectivity index (χ2n) is 4.53. The SMILES string of the molecule is CC(C)O.CCN(O)CCN.CC[N-]CCN.CC[N-]CCN.[O]=[Ti+2]. The zero-order chi connectivity index (χ0) is 20.9. The summed E-state index contributed by atoms with van der Waals surface area (Å²) >= 11 is 0.750. The monoisotopic (exact) mass is 402 g/mol. The summed E-state index contributed by atoms with van der Waals surface area (Å²) in [7, 11) is 0. The van der Waals surface area contributed by atoms with Crippen molar-refractivity contribution in [1.29, 1.82) is 0 Å². The van der Waals surface area contributed by atoms with Gasteiger partial charge in [0.15, 0.2) is 0 Å². The maximum atomic E-state index is 8.61. The molecule has 9 nitrogen and oxygen atoms in total. The molecule has 0 aliphatic rings. The summed E-state index contributed by atoms with van der Waals surface area (Å²) in [6, 6.07) is 0. The number of nitrogens with two attached hydrogens (primary N) is 3. The van der Waals surface area contributed by atoms with Crippen LogP contribution < -0.4 is 17.2 Å². The van der Waals surface area contributed by atoms with Gasteiger partial charge >= 0.3 is 23.7 Å². The number of aliphatic hydroxyl groups is 1. The van der Waals surface area contributed by atoms with Crippen molar-refractivity contribution in [1.82, 2.24) is 5.06 Å². The van der Waals surface area contributed by atoms with Gasteiger partial charge in [-0.15, -0.1) is 13.1 Å². The second kappa shape index (κ2) is 44.0. The first kappa shape index (κ1) is 36.2. The van der Waals surface area contributed by atoms with E-state index in [1.807, 2.05) is 20.8 Å². The zero-order valence-electron chi connectivity index (χ0n) is 16.8. The molecule has 25 heavy (non-hydrogen) atoms. The first-order valence-electron chi connectivity index (χ1n) is 8.56. The van der Waals surface area contributed by atoms with E-state index in [2.05, 4.69) is 10.6 Å². The zero-order valence-corrected chi connectivity index (χ0v) is 18.4. The molecular weight excluding hydrogens is 360 g/mol. The number of nitrogens with zero attached hydrogens (tertiary/aromatic N) is 3. The van der Waals surface area contributed by atoms with Gasteiger partial charge in [-0.3, -0.25) is 0 Å². The summed E-state index contributed by atoms with van der Waals surface area (Å²) in [4.78, 5) is 0. The molecule has 8 N–H and O–H groups in total. The number of likely N-dealkylation sites (N-methyl/N-ethyl adjacent to an activating group) is 3. The van der Waals surface area contributed by atoms with Gasteiger partial charge in [-0.25, -0.2) is 0 Å². The molecule has 0 bridgehead atoms. The third-order valence-corrected chi connectivity index (χ3v) is 1.77. The van der Waals surface area contributed by atoms with Gasteiger partial charge in [0.25, 0.3) is 0 Å². The van der Waals surface area contributed by atoms with Crippen LogP contribution in [0.15, 0.2) is 0 Å². The molecule has 0 atom stereocenters. The molecule has 0 aromatic rings. The number of hydroxylamine groups is 2. The predicted octanol–water partition coefficient (Wildman–Crippen LogP) is 0.599. The molecule has 0 saturated heterocycles. The number of rotatable bonds is 9. The van der Waals surface area contributed by atoms with E-state index in [4.69, 9.17) is 30.8 Å². The normalized spacial score (nSPS) is 8.88. The van der Waals surface area contributed by atoms with Crippen LogP contribution in [0.1, 0.15) is 34.6 Å². The van der Waals surface area contributed by atoms with E-state index in [-0.39, 0.29) is 6.10 Å². The molecule has 0 aromatic carbocycles. The number of hydrogen-bond donors (Lipinski definition) is 5. The molecule has 154 valence electrons. The van der Waals surface area contributed by atoms with Crippen LogP contribution in [-0.2, 0) is 23.7 Å². The molecule has 0 aliphatic carbocycles. The minimum absolute atomic E-state index is 0.167. The molecule has 0 fully saturated rings. The summed E-state index contributed by atoms with van der Waals surface area (Å²) in [6.45, 7) is 15.9. The number of aliphatic hydroxyl groups excluding tert-OH is 1. The van der Waals surface area contributed by atoms with E-state index in [1.165, 1.54) is 5.06 Å². The van der Waals surface area contributed by atoms with Crippen LogP contribution in [0.25, 0.3) is 10.6 Å². The van der Waals surface area contributed by atoms with E-state index in [0.717, 1.165) is 46.6 Å². The van der Waals surface area contributed by atoms with Crippen molar-refractivity contribution in [2.24, 2.45) is 17.2 Å². The Morgan fingerprint density at radius 1 is 0.920 bits per heavy atom. The minimum atomic E-state index is -0.167. The van der Waals surface area contributed by atoms with Crippen LogP contribution in [0.5, 0.6) is 0 Å². The van der Waals surface area contributed by atoms with Gasteiger partial charge in [0.1, 0.15) is 0 Å². The second-order valence-corrected chi connectivity index (χ2v) is 4.53. The Bertz CT molecular complexity index is 167. The van der Waals surface area contributed by atoms with E-state index in [1.54, 1.807) is 13.8 Å². The van der Waals surface area contributed by atoms with Crippen LogP contribution in [0.4, 0.5) is 0 Å². The molecule has 10 heteroatoms. The molecule has 0 aliphatic heterocycles. The van der Waals surface area contributed by atoms with Crippen molar-refractivity contribution < 1.29 is 34.0 Å². The Morgan fingerprint density at radius 3 is 1.32 bits per heavy atom. The maximum absolute atomic E-state index is 8.61. The van der Waals surface area contributed by atoms with Gasteiger partial charge in [0.2, 0.25) is 0 Å². The van der Waals surface area contributed by atoms with Crippen LogP contribution >= 0.6 is 0 Å². The Labute approximate surface area is 166 Å². The van der Waals surface area contributed by atoms with E-state index < -0.39 is 0 Å². The fourth-order valence-corrected chi connectivity index (χ4v) is 0.806. The van der Waals surface area contributed by atoms with Crippen molar-refractivity contribution >= 4 is 0 Å². The average molecular weight is 402 g/mol. The molecule has 0 heterocycles. The molecule has 0 unspecified atom stereocenters. The summed E-state index contributed by atoms with van der Waals surface area (Å²) in [5.74, 6) is 0. The fraction of sp³-hybridized carbons (Fsp3) is 1.00. The van der Waals surface area contributed by atoms with Gasteiger partial charge < -0.3 is 38.1 Å². The van der Waals surface area contributed by atoms with Gasteiger partial charge in [0, 0.05) is 25.7 Å². The fourth-order valence-electron chi connectivity index (χ4n) is 0.806. The van der Waals surface area contributed by atoms with Crippen LogP contribution in [0.2, 0.25) is 0 Å². The Kier molecular flexibility index (Phi) is 63.7. The third kappa shape index (κ3) is 95.1. The van der Waals surface area contributed by atoms with Crippen molar-refractivity contribution in [2.45, 2.75) is 40.7 Å². The van der Waals surface area contributed by atoms with Gasteiger partial charge in [-0.2, -0.15) is 18.2 Å². The average Bonchev–Trinajstić information content (AvgIpc) is 2.60. The Morgan fingerprint density at radius 2 is 1.24 bits per heavy atom. The summed E-state index contributed by atoms with van der Waals surface area (Å²) in [6.07, 6.45) is -0.167. The quantitative estimate of drug-likeness (QED) is 0.214. The van der Waals surface area contributed by atoms with Crippen molar-refractivity contribution in [3.8, 4) is 0 Å². The topological polar surface area (TPSA) is 167 Å². The standard InChI is InChI=1S/C4H12N2O.2C4H11N2.C3H8O.O.Ti/c1-2-6(7)4-3-5;2*1-2-6-4-3-5;1-3(2)4;;/h7H,2-5H2,1H3;2*2-5H2,1H3;3-4H,1-2H3;;/q;2*-1;;;+2. The molecular formula is C15H42N6O3Ti. The third-order valence-electron chi connectivity index (χ3n) is 1.77. The van der Waals surface area contributed by atoms with Gasteiger partial charge in [0.05, 0.1) is 0 Å². The first-order valence-corrected chi connectivity index (χ1v) is 9.20.